The van der Waals surface area contributed by atoms with E-state index in [9.17, 15) is 0 Å². The first-order valence-electron chi connectivity index (χ1n) is 7.34. The van der Waals surface area contributed by atoms with Crippen LogP contribution in [0.5, 0.6) is 0 Å². The molecule has 2 nitrogen and oxygen atoms in total. The first-order valence-corrected chi connectivity index (χ1v) is 7.34. The zero-order valence-corrected chi connectivity index (χ0v) is 12.3. The molecule has 20 heavy (non-hydrogen) atoms. The highest BCUT2D eigenvalue weighted by Crippen LogP contribution is 2.19. The Kier molecular flexibility index (Phi) is 5.33. The minimum absolute atomic E-state index is 0.221. The van der Waals surface area contributed by atoms with Crippen molar-refractivity contribution in [2.45, 2.75) is 38.9 Å². The van der Waals surface area contributed by atoms with Crippen molar-refractivity contribution < 1.29 is 0 Å². The molecule has 2 heteroatoms. The lowest BCUT2D eigenvalue weighted by Gasteiger charge is -2.19. The molecule has 0 saturated heterocycles. The quantitative estimate of drug-likeness (QED) is 0.840. The SMILES string of the molecule is CCC(N)C(C)NCc1ccc(-c2ccccc2)cc1. The molecule has 0 aliphatic heterocycles. The normalized spacial score (nSPS) is 13.9. The molecule has 0 bridgehead atoms. The molecule has 0 spiro atoms. The van der Waals surface area contributed by atoms with Gasteiger partial charge in [0.2, 0.25) is 0 Å². The fraction of sp³-hybridized carbons (Fsp3) is 0.333. The fourth-order valence-electron chi connectivity index (χ4n) is 2.23. The van der Waals surface area contributed by atoms with Crippen molar-refractivity contribution >= 4 is 0 Å². The average Bonchev–Trinajstić information content (AvgIpc) is 2.53. The van der Waals surface area contributed by atoms with Gasteiger partial charge >= 0.3 is 0 Å². The van der Waals surface area contributed by atoms with Gasteiger partial charge in [-0.25, -0.2) is 0 Å². The molecule has 2 atom stereocenters. The molecule has 2 aromatic carbocycles. The van der Waals surface area contributed by atoms with Gasteiger partial charge in [0.05, 0.1) is 0 Å². The Morgan fingerprint density at radius 3 is 2.15 bits per heavy atom. The van der Waals surface area contributed by atoms with E-state index in [4.69, 9.17) is 5.73 Å². The number of nitrogens with two attached hydrogens (primary N) is 1. The summed E-state index contributed by atoms with van der Waals surface area (Å²) in [6.45, 7) is 5.13. The molecular formula is C18H24N2. The van der Waals surface area contributed by atoms with Crippen LogP contribution >= 0.6 is 0 Å². The van der Waals surface area contributed by atoms with Crippen molar-refractivity contribution in [1.29, 1.82) is 0 Å². The van der Waals surface area contributed by atoms with Crippen LogP contribution in [0, 0.1) is 0 Å². The molecular weight excluding hydrogens is 244 g/mol. The minimum Gasteiger partial charge on any atom is -0.326 e. The standard InChI is InChI=1S/C18H24N2/c1-3-18(19)14(2)20-13-15-9-11-17(12-10-15)16-7-5-4-6-8-16/h4-12,14,18,20H,3,13,19H2,1-2H3. The lowest BCUT2D eigenvalue weighted by Crippen LogP contribution is -2.42. The van der Waals surface area contributed by atoms with E-state index in [-0.39, 0.29) is 6.04 Å². The molecule has 0 aliphatic rings. The highest BCUT2D eigenvalue weighted by molar-refractivity contribution is 5.63. The monoisotopic (exact) mass is 268 g/mol. The Morgan fingerprint density at radius 1 is 0.950 bits per heavy atom. The largest absolute Gasteiger partial charge is 0.326 e. The van der Waals surface area contributed by atoms with Gasteiger partial charge in [0.15, 0.2) is 0 Å². The second-order valence-corrected chi connectivity index (χ2v) is 5.30. The third-order valence-electron chi connectivity index (χ3n) is 3.80. The summed E-state index contributed by atoms with van der Waals surface area (Å²) < 4.78 is 0. The van der Waals surface area contributed by atoms with Gasteiger partial charge in [-0.15, -0.1) is 0 Å². The van der Waals surface area contributed by atoms with Crippen LogP contribution in [0.15, 0.2) is 54.6 Å². The zero-order valence-electron chi connectivity index (χ0n) is 12.3. The van der Waals surface area contributed by atoms with E-state index >= 15 is 0 Å². The predicted octanol–water partition coefficient (Wildman–Crippen LogP) is 3.57. The molecule has 0 heterocycles. The van der Waals surface area contributed by atoms with Crippen LogP contribution in [-0.4, -0.2) is 12.1 Å². The van der Waals surface area contributed by atoms with E-state index < -0.39 is 0 Å². The van der Waals surface area contributed by atoms with E-state index in [1.807, 2.05) is 6.07 Å². The van der Waals surface area contributed by atoms with Gasteiger partial charge in [-0.1, -0.05) is 61.5 Å². The maximum atomic E-state index is 6.02. The van der Waals surface area contributed by atoms with Crippen LogP contribution in [0.25, 0.3) is 11.1 Å². The van der Waals surface area contributed by atoms with Crippen LogP contribution in [0.2, 0.25) is 0 Å². The molecule has 0 amide bonds. The van der Waals surface area contributed by atoms with E-state index in [0.29, 0.717) is 6.04 Å². The molecule has 0 aromatic heterocycles. The highest BCUT2D eigenvalue weighted by atomic mass is 14.9. The first kappa shape index (κ1) is 14.8. The minimum atomic E-state index is 0.221. The van der Waals surface area contributed by atoms with Gasteiger partial charge in [0, 0.05) is 18.6 Å². The third kappa shape index (κ3) is 3.92. The first-order chi connectivity index (χ1) is 9.70. The summed E-state index contributed by atoms with van der Waals surface area (Å²) in [7, 11) is 0. The maximum Gasteiger partial charge on any atom is 0.0208 e. The van der Waals surface area contributed by atoms with Gasteiger partial charge in [0.25, 0.3) is 0 Å². The van der Waals surface area contributed by atoms with Crippen molar-refractivity contribution in [2.75, 3.05) is 0 Å². The van der Waals surface area contributed by atoms with Crippen molar-refractivity contribution in [3.05, 3.63) is 60.2 Å². The molecule has 3 N–H and O–H groups in total. The molecule has 0 saturated carbocycles. The molecule has 2 aromatic rings. The van der Waals surface area contributed by atoms with Gasteiger partial charge in [-0.05, 0) is 30.0 Å². The number of rotatable bonds is 6. The predicted molar refractivity (Wildman–Crippen MR) is 86.4 cm³/mol. The summed E-state index contributed by atoms with van der Waals surface area (Å²) in [4.78, 5) is 0. The van der Waals surface area contributed by atoms with Gasteiger partial charge in [-0.2, -0.15) is 0 Å². The summed E-state index contributed by atoms with van der Waals surface area (Å²) in [5, 5.41) is 3.48. The van der Waals surface area contributed by atoms with Crippen LogP contribution in [0.3, 0.4) is 0 Å². The third-order valence-corrected chi connectivity index (χ3v) is 3.80. The lowest BCUT2D eigenvalue weighted by molar-refractivity contribution is 0.446. The van der Waals surface area contributed by atoms with Crippen molar-refractivity contribution in [3.63, 3.8) is 0 Å². The second-order valence-electron chi connectivity index (χ2n) is 5.30. The highest BCUT2D eigenvalue weighted by Gasteiger charge is 2.09. The summed E-state index contributed by atoms with van der Waals surface area (Å²) in [6, 6.07) is 19.7. The van der Waals surface area contributed by atoms with Crippen LogP contribution in [-0.2, 0) is 6.54 Å². The van der Waals surface area contributed by atoms with E-state index in [0.717, 1.165) is 13.0 Å². The molecule has 2 unspecified atom stereocenters. The summed E-state index contributed by atoms with van der Waals surface area (Å²) >= 11 is 0. The fourth-order valence-corrected chi connectivity index (χ4v) is 2.23. The Hall–Kier alpha value is -1.64. The van der Waals surface area contributed by atoms with Gasteiger partial charge in [0.1, 0.15) is 0 Å². The van der Waals surface area contributed by atoms with E-state index in [1.54, 1.807) is 0 Å². The smallest absolute Gasteiger partial charge is 0.0208 e. The van der Waals surface area contributed by atoms with Crippen molar-refractivity contribution in [3.8, 4) is 11.1 Å². The molecule has 0 fully saturated rings. The van der Waals surface area contributed by atoms with Crippen molar-refractivity contribution in [1.82, 2.24) is 5.32 Å². The summed E-state index contributed by atoms with van der Waals surface area (Å²) in [5.74, 6) is 0. The van der Waals surface area contributed by atoms with Crippen molar-refractivity contribution in [2.24, 2.45) is 5.73 Å². The van der Waals surface area contributed by atoms with Gasteiger partial charge in [-0.3, -0.25) is 0 Å². The number of hydrogen-bond acceptors (Lipinski definition) is 2. The van der Waals surface area contributed by atoms with Crippen LogP contribution in [0.4, 0.5) is 0 Å². The Morgan fingerprint density at radius 2 is 1.55 bits per heavy atom. The molecule has 0 aliphatic carbocycles. The lowest BCUT2D eigenvalue weighted by atomic mass is 10.0. The maximum absolute atomic E-state index is 6.02. The Bertz CT molecular complexity index is 505. The Labute approximate surface area is 122 Å². The van der Waals surface area contributed by atoms with Gasteiger partial charge < -0.3 is 11.1 Å². The number of nitrogens with one attached hydrogen (secondary N) is 1. The average molecular weight is 268 g/mol. The second kappa shape index (κ2) is 7.22. The number of benzene rings is 2. The van der Waals surface area contributed by atoms with E-state index in [1.165, 1.54) is 16.7 Å². The molecule has 0 radical (unpaired) electrons. The summed E-state index contributed by atoms with van der Waals surface area (Å²) in [6.07, 6.45) is 1.00. The number of hydrogen-bond donors (Lipinski definition) is 2. The summed E-state index contributed by atoms with van der Waals surface area (Å²) in [5.41, 5.74) is 9.82. The molecule has 106 valence electrons. The molecule has 2 rings (SSSR count). The van der Waals surface area contributed by atoms with E-state index in [2.05, 4.69) is 67.7 Å². The zero-order chi connectivity index (χ0) is 14.4. The Balaban J connectivity index is 1.95. The van der Waals surface area contributed by atoms with Crippen LogP contribution in [0.1, 0.15) is 25.8 Å². The van der Waals surface area contributed by atoms with Crippen LogP contribution < -0.4 is 11.1 Å². The topological polar surface area (TPSA) is 38.0 Å².